The molecule has 0 radical (unpaired) electrons. The van der Waals surface area contributed by atoms with Gasteiger partial charge < -0.3 is 5.32 Å². The fourth-order valence-electron chi connectivity index (χ4n) is 2.64. The summed E-state index contributed by atoms with van der Waals surface area (Å²) in [6.07, 6.45) is -3.89. The highest BCUT2D eigenvalue weighted by molar-refractivity contribution is 5.36. The molecule has 100 valence electrons. The van der Waals surface area contributed by atoms with E-state index in [1.54, 1.807) is 0 Å². The van der Waals surface area contributed by atoms with Gasteiger partial charge in [0.2, 0.25) is 0 Å². The molecule has 2 rings (SSSR count). The third-order valence-electron chi connectivity index (χ3n) is 3.58. The predicted molar refractivity (Wildman–Crippen MR) is 60.8 cm³/mol. The summed E-state index contributed by atoms with van der Waals surface area (Å²) in [4.78, 5) is 0. The van der Waals surface area contributed by atoms with E-state index >= 15 is 0 Å². The molecule has 1 unspecified atom stereocenters. The van der Waals surface area contributed by atoms with Crippen LogP contribution in [0.5, 0.6) is 0 Å². The Morgan fingerprint density at radius 3 is 2.44 bits per heavy atom. The number of benzene rings is 1. The van der Waals surface area contributed by atoms with Crippen molar-refractivity contribution in [1.29, 1.82) is 0 Å². The van der Waals surface area contributed by atoms with Crippen molar-refractivity contribution in [3.8, 4) is 0 Å². The third kappa shape index (κ3) is 2.36. The quantitative estimate of drug-likeness (QED) is 0.760. The molecule has 18 heavy (non-hydrogen) atoms. The van der Waals surface area contributed by atoms with E-state index in [1.165, 1.54) is 6.07 Å². The molecule has 1 aromatic carbocycles. The van der Waals surface area contributed by atoms with Crippen molar-refractivity contribution in [3.05, 3.63) is 35.1 Å². The molecule has 1 nitrogen and oxygen atoms in total. The highest BCUT2D eigenvalue weighted by atomic mass is 19.4. The van der Waals surface area contributed by atoms with Gasteiger partial charge in [0, 0.05) is 11.5 Å². The van der Waals surface area contributed by atoms with E-state index in [2.05, 4.69) is 5.32 Å². The summed E-state index contributed by atoms with van der Waals surface area (Å²) in [6.45, 7) is 4.41. The summed E-state index contributed by atoms with van der Waals surface area (Å²) in [7, 11) is 0. The number of hydrogen-bond acceptors (Lipinski definition) is 1. The van der Waals surface area contributed by atoms with Gasteiger partial charge in [-0.2, -0.15) is 13.2 Å². The summed E-state index contributed by atoms with van der Waals surface area (Å²) >= 11 is 0. The first-order valence-corrected chi connectivity index (χ1v) is 5.83. The molecule has 1 heterocycles. The lowest BCUT2D eigenvalue weighted by atomic mass is 9.81. The number of alkyl halides is 3. The molecular weight excluding hydrogens is 246 g/mol. The summed E-state index contributed by atoms with van der Waals surface area (Å²) in [5.74, 6) is -1.11. The first-order valence-electron chi connectivity index (χ1n) is 5.83. The highest BCUT2D eigenvalue weighted by Gasteiger charge is 2.41. The normalized spacial score (nSPS) is 23.3. The lowest BCUT2D eigenvalue weighted by Gasteiger charge is -2.29. The molecule has 0 saturated carbocycles. The Labute approximate surface area is 103 Å². The Morgan fingerprint density at radius 2 is 1.94 bits per heavy atom. The molecular formula is C13H15F4N. The van der Waals surface area contributed by atoms with E-state index < -0.39 is 23.1 Å². The van der Waals surface area contributed by atoms with Crippen LogP contribution in [0.3, 0.4) is 0 Å². The highest BCUT2D eigenvalue weighted by Crippen LogP contribution is 2.42. The van der Waals surface area contributed by atoms with Crippen molar-refractivity contribution < 1.29 is 17.6 Å². The SMILES string of the molecule is CC1(C)NCCC1c1ccc(F)cc1C(F)(F)F. The molecule has 1 N–H and O–H groups in total. The van der Waals surface area contributed by atoms with Gasteiger partial charge in [0.25, 0.3) is 0 Å². The van der Waals surface area contributed by atoms with Crippen molar-refractivity contribution >= 4 is 0 Å². The monoisotopic (exact) mass is 261 g/mol. The largest absolute Gasteiger partial charge is 0.416 e. The Kier molecular flexibility index (Phi) is 3.13. The standard InChI is InChI=1S/C13H15F4N/c1-12(2)10(5-6-18-12)9-4-3-8(14)7-11(9)13(15,16)17/h3-4,7,10,18H,5-6H2,1-2H3. The Hall–Kier alpha value is -1.10. The van der Waals surface area contributed by atoms with Gasteiger partial charge >= 0.3 is 6.18 Å². The molecule has 0 aromatic heterocycles. The second-order valence-corrected chi connectivity index (χ2v) is 5.22. The van der Waals surface area contributed by atoms with Gasteiger partial charge in [-0.25, -0.2) is 4.39 Å². The van der Waals surface area contributed by atoms with Crippen molar-refractivity contribution in [1.82, 2.24) is 5.32 Å². The minimum Gasteiger partial charge on any atom is -0.311 e. The zero-order valence-corrected chi connectivity index (χ0v) is 10.2. The first-order chi connectivity index (χ1) is 8.22. The minimum atomic E-state index is -4.52. The molecule has 1 aliphatic rings. The fraction of sp³-hybridized carbons (Fsp3) is 0.538. The lowest BCUT2D eigenvalue weighted by molar-refractivity contribution is -0.138. The molecule has 1 fully saturated rings. The molecule has 0 amide bonds. The van der Waals surface area contributed by atoms with Crippen molar-refractivity contribution in [2.75, 3.05) is 6.54 Å². The minimum absolute atomic E-state index is 0.180. The van der Waals surface area contributed by atoms with Crippen LogP contribution in [0.2, 0.25) is 0 Å². The summed E-state index contributed by atoms with van der Waals surface area (Å²) < 4.78 is 51.9. The second kappa shape index (κ2) is 4.23. The summed E-state index contributed by atoms with van der Waals surface area (Å²) in [5.41, 5.74) is -1.08. The van der Waals surface area contributed by atoms with E-state index in [9.17, 15) is 17.6 Å². The molecule has 5 heteroatoms. The van der Waals surface area contributed by atoms with E-state index in [1.807, 2.05) is 13.8 Å². The third-order valence-corrected chi connectivity index (χ3v) is 3.58. The van der Waals surface area contributed by atoms with Crippen molar-refractivity contribution in [2.24, 2.45) is 0 Å². The predicted octanol–water partition coefficient (Wildman–Crippen LogP) is 3.70. The molecule has 1 aliphatic heterocycles. The topological polar surface area (TPSA) is 12.0 Å². The van der Waals surface area contributed by atoms with Crippen LogP contribution in [-0.4, -0.2) is 12.1 Å². The van der Waals surface area contributed by atoms with Gasteiger partial charge in [-0.15, -0.1) is 0 Å². The van der Waals surface area contributed by atoms with E-state index in [0.717, 1.165) is 6.07 Å². The Morgan fingerprint density at radius 1 is 1.28 bits per heavy atom. The molecule has 1 atom stereocenters. The van der Waals surface area contributed by atoms with E-state index in [0.29, 0.717) is 19.0 Å². The zero-order chi connectivity index (χ0) is 13.6. The average molecular weight is 261 g/mol. The van der Waals surface area contributed by atoms with Crippen LogP contribution in [0.15, 0.2) is 18.2 Å². The van der Waals surface area contributed by atoms with E-state index in [-0.39, 0.29) is 11.5 Å². The van der Waals surface area contributed by atoms with Crippen LogP contribution in [0, 0.1) is 5.82 Å². The van der Waals surface area contributed by atoms with Gasteiger partial charge in [0.05, 0.1) is 5.56 Å². The van der Waals surface area contributed by atoms with Gasteiger partial charge in [-0.1, -0.05) is 6.07 Å². The van der Waals surface area contributed by atoms with Gasteiger partial charge in [-0.3, -0.25) is 0 Å². The Balaban J connectivity index is 2.51. The van der Waals surface area contributed by atoms with Crippen LogP contribution < -0.4 is 5.32 Å². The average Bonchev–Trinajstić information content (AvgIpc) is 2.57. The first kappa shape index (κ1) is 13.3. The zero-order valence-electron chi connectivity index (χ0n) is 10.2. The van der Waals surface area contributed by atoms with Gasteiger partial charge in [0.15, 0.2) is 0 Å². The number of halogens is 4. The summed E-state index contributed by atoms with van der Waals surface area (Å²) in [5, 5.41) is 3.18. The number of rotatable bonds is 1. The number of hydrogen-bond donors (Lipinski definition) is 1. The smallest absolute Gasteiger partial charge is 0.311 e. The second-order valence-electron chi connectivity index (χ2n) is 5.22. The Bertz CT molecular complexity index is 451. The van der Waals surface area contributed by atoms with Crippen LogP contribution in [0.25, 0.3) is 0 Å². The maximum absolute atomic E-state index is 13.0. The molecule has 0 aliphatic carbocycles. The van der Waals surface area contributed by atoms with Crippen LogP contribution >= 0.6 is 0 Å². The van der Waals surface area contributed by atoms with Gasteiger partial charge in [-0.05, 0) is 44.5 Å². The van der Waals surface area contributed by atoms with Gasteiger partial charge in [0.1, 0.15) is 5.82 Å². The molecule has 0 bridgehead atoms. The van der Waals surface area contributed by atoms with Crippen LogP contribution in [0.1, 0.15) is 37.3 Å². The van der Waals surface area contributed by atoms with Crippen molar-refractivity contribution in [2.45, 2.75) is 37.9 Å². The fourth-order valence-corrected chi connectivity index (χ4v) is 2.64. The van der Waals surface area contributed by atoms with Crippen LogP contribution in [-0.2, 0) is 6.18 Å². The number of nitrogens with one attached hydrogen (secondary N) is 1. The molecule has 0 spiro atoms. The lowest BCUT2D eigenvalue weighted by Crippen LogP contribution is -2.37. The summed E-state index contributed by atoms with van der Waals surface area (Å²) in [6, 6.07) is 2.94. The van der Waals surface area contributed by atoms with E-state index in [4.69, 9.17) is 0 Å². The van der Waals surface area contributed by atoms with Crippen LogP contribution in [0.4, 0.5) is 17.6 Å². The molecule has 1 aromatic rings. The molecule has 1 saturated heterocycles. The maximum Gasteiger partial charge on any atom is 0.416 e. The van der Waals surface area contributed by atoms with Crippen molar-refractivity contribution in [3.63, 3.8) is 0 Å². The maximum atomic E-state index is 13.0.